The zero-order chi connectivity index (χ0) is 13.7. The Morgan fingerprint density at radius 1 is 1.56 bits per heavy atom. The molecule has 1 aromatic carbocycles. The van der Waals surface area contributed by atoms with Gasteiger partial charge in [0.15, 0.2) is 0 Å². The van der Waals surface area contributed by atoms with E-state index in [4.69, 9.17) is 17.3 Å². The van der Waals surface area contributed by atoms with Crippen LogP contribution in [-0.4, -0.2) is 24.4 Å². The molecule has 0 aromatic heterocycles. The second-order valence-corrected chi connectivity index (χ2v) is 4.90. The summed E-state index contributed by atoms with van der Waals surface area (Å²) < 4.78 is 13.6. The normalized spacial score (nSPS) is 12.3. The molecule has 18 heavy (non-hydrogen) atoms. The molecule has 5 heteroatoms. The van der Waals surface area contributed by atoms with Gasteiger partial charge in [0.25, 0.3) is 0 Å². The van der Waals surface area contributed by atoms with Gasteiger partial charge in [0.2, 0.25) is 5.91 Å². The molecule has 3 nitrogen and oxygen atoms in total. The monoisotopic (exact) mass is 272 g/mol. The molecule has 1 atom stereocenters. The SMILES string of the molecule is CC(CN)CC(=O)N(C)Cc1c(F)cccc1Cl. The van der Waals surface area contributed by atoms with Crippen molar-refractivity contribution < 1.29 is 9.18 Å². The molecule has 1 amide bonds. The van der Waals surface area contributed by atoms with Crippen molar-refractivity contribution in [2.45, 2.75) is 19.9 Å². The van der Waals surface area contributed by atoms with Crippen molar-refractivity contribution in [3.8, 4) is 0 Å². The quantitative estimate of drug-likeness (QED) is 0.895. The van der Waals surface area contributed by atoms with E-state index in [9.17, 15) is 9.18 Å². The highest BCUT2D eigenvalue weighted by atomic mass is 35.5. The molecule has 2 N–H and O–H groups in total. The van der Waals surface area contributed by atoms with Gasteiger partial charge in [0, 0.05) is 30.6 Å². The molecule has 100 valence electrons. The van der Waals surface area contributed by atoms with Crippen LogP contribution in [0, 0.1) is 11.7 Å². The van der Waals surface area contributed by atoms with Crippen LogP contribution in [0.3, 0.4) is 0 Å². The predicted molar refractivity (Wildman–Crippen MR) is 70.7 cm³/mol. The number of nitrogens with two attached hydrogens (primary N) is 1. The Labute approximate surface area is 112 Å². The van der Waals surface area contributed by atoms with Crippen LogP contribution in [0.4, 0.5) is 4.39 Å². The highest BCUT2D eigenvalue weighted by molar-refractivity contribution is 6.31. The van der Waals surface area contributed by atoms with Gasteiger partial charge in [-0.15, -0.1) is 0 Å². The minimum atomic E-state index is -0.394. The van der Waals surface area contributed by atoms with Crippen molar-refractivity contribution in [3.05, 3.63) is 34.6 Å². The summed E-state index contributed by atoms with van der Waals surface area (Å²) in [6.45, 7) is 2.53. The lowest BCUT2D eigenvalue weighted by atomic mass is 10.1. The molecule has 0 heterocycles. The third-order valence-electron chi connectivity index (χ3n) is 2.81. The molecule has 0 spiro atoms. The van der Waals surface area contributed by atoms with E-state index in [-0.39, 0.29) is 18.4 Å². The van der Waals surface area contributed by atoms with Gasteiger partial charge in [-0.25, -0.2) is 4.39 Å². The minimum Gasteiger partial charge on any atom is -0.341 e. The van der Waals surface area contributed by atoms with E-state index in [0.717, 1.165) is 0 Å². The van der Waals surface area contributed by atoms with E-state index in [1.165, 1.54) is 11.0 Å². The number of rotatable bonds is 5. The number of halogens is 2. The molecular weight excluding hydrogens is 255 g/mol. The number of carbonyl (C=O) groups excluding carboxylic acids is 1. The summed E-state index contributed by atoms with van der Waals surface area (Å²) in [5.41, 5.74) is 5.81. The maximum absolute atomic E-state index is 13.6. The number of hydrogen-bond donors (Lipinski definition) is 1. The first-order valence-electron chi connectivity index (χ1n) is 5.82. The first-order valence-corrected chi connectivity index (χ1v) is 6.20. The Kier molecular flexibility index (Phi) is 5.56. The van der Waals surface area contributed by atoms with Crippen molar-refractivity contribution in [2.24, 2.45) is 11.7 Å². The average Bonchev–Trinajstić information content (AvgIpc) is 2.33. The van der Waals surface area contributed by atoms with E-state index in [0.29, 0.717) is 23.6 Å². The highest BCUT2D eigenvalue weighted by Gasteiger charge is 2.15. The standard InChI is InChI=1S/C13H18ClFN2O/c1-9(7-16)6-13(18)17(2)8-10-11(14)4-3-5-12(10)15/h3-5,9H,6-8,16H2,1-2H3. The van der Waals surface area contributed by atoms with Crippen LogP contribution >= 0.6 is 11.6 Å². The average molecular weight is 273 g/mol. The number of hydrogen-bond acceptors (Lipinski definition) is 2. The van der Waals surface area contributed by atoms with Crippen LogP contribution in [0.15, 0.2) is 18.2 Å². The highest BCUT2D eigenvalue weighted by Crippen LogP contribution is 2.20. The fourth-order valence-electron chi connectivity index (χ4n) is 1.55. The van der Waals surface area contributed by atoms with Gasteiger partial charge in [-0.2, -0.15) is 0 Å². The predicted octanol–water partition coefficient (Wildman–Crippen LogP) is 2.42. The Hall–Kier alpha value is -1.13. The van der Waals surface area contributed by atoms with Crippen LogP contribution in [0.1, 0.15) is 18.9 Å². The molecule has 0 aliphatic heterocycles. The molecule has 0 saturated carbocycles. The summed E-state index contributed by atoms with van der Waals surface area (Å²) in [4.78, 5) is 13.3. The van der Waals surface area contributed by atoms with Crippen LogP contribution in [0.2, 0.25) is 5.02 Å². The number of benzene rings is 1. The lowest BCUT2D eigenvalue weighted by Crippen LogP contribution is -2.29. The van der Waals surface area contributed by atoms with E-state index in [2.05, 4.69) is 0 Å². The molecule has 1 aromatic rings. The summed E-state index contributed by atoms with van der Waals surface area (Å²) in [6.07, 6.45) is 0.360. The van der Waals surface area contributed by atoms with Crippen molar-refractivity contribution in [1.82, 2.24) is 4.90 Å². The van der Waals surface area contributed by atoms with Gasteiger partial charge in [-0.1, -0.05) is 24.6 Å². The molecule has 0 saturated heterocycles. The van der Waals surface area contributed by atoms with E-state index in [1.807, 2.05) is 6.92 Å². The molecule has 0 fully saturated rings. The van der Waals surface area contributed by atoms with Gasteiger partial charge >= 0.3 is 0 Å². The zero-order valence-corrected chi connectivity index (χ0v) is 11.4. The third kappa shape index (κ3) is 3.96. The molecular formula is C13H18ClFN2O. The first kappa shape index (κ1) is 14.9. The van der Waals surface area contributed by atoms with Crippen LogP contribution in [0.5, 0.6) is 0 Å². The van der Waals surface area contributed by atoms with Crippen LogP contribution in [0.25, 0.3) is 0 Å². The Morgan fingerprint density at radius 2 is 2.22 bits per heavy atom. The van der Waals surface area contributed by atoms with E-state index < -0.39 is 5.82 Å². The number of carbonyl (C=O) groups is 1. The molecule has 0 aliphatic rings. The maximum Gasteiger partial charge on any atom is 0.222 e. The van der Waals surface area contributed by atoms with Crippen molar-refractivity contribution in [2.75, 3.05) is 13.6 Å². The molecule has 0 radical (unpaired) electrons. The number of nitrogens with zero attached hydrogens (tertiary/aromatic N) is 1. The summed E-state index contributed by atoms with van der Waals surface area (Å²) in [5.74, 6) is -0.336. The second kappa shape index (κ2) is 6.71. The summed E-state index contributed by atoms with van der Waals surface area (Å²) >= 11 is 5.91. The van der Waals surface area contributed by atoms with Gasteiger partial charge in [-0.05, 0) is 24.6 Å². The fraction of sp³-hybridized carbons (Fsp3) is 0.462. The van der Waals surface area contributed by atoms with Gasteiger partial charge in [0.1, 0.15) is 5.82 Å². The topological polar surface area (TPSA) is 46.3 Å². The molecule has 1 rings (SSSR count). The summed E-state index contributed by atoms with van der Waals surface area (Å²) in [6, 6.07) is 4.49. The molecule has 0 aliphatic carbocycles. The molecule has 0 bridgehead atoms. The number of amides is 1. The summed E-state index contributed by atoms with van der Waals surface area (Å²) in [7, 11) is 1.63. The van der Waals surface area contributed by atoms with E-state index in [1.54, 1.807) is 19.2 Å². The second-order valence-electron chi connectivity index (χ2n) is 4.50. The van der Waals surface area contributed by atoms with Crippen molar-refractivity contribution >= 4 is 17.5 Å². The fourth-order valence-corrected chi connectivity index (χ4v) is 1.77. The van der Waals surface area contributed by atoms with Gasteiger partial charge in [-0.3, -0.25) is 4.79 Å². The largest absolute Gasteiger partial charge is 0.341 e. The lowest BCUT2D eigenvalue weighted by molar-refractivity contribution is -0.131. The smallest absolute Gasteiger partial charge is 0.222 e. The van der Waals surface area contributed by atoms with Gasteiger partial charge < -0.3 is 10.6 Å². The van der Waals surface area contributed by atoms with Gasteiger partial charge in [0.05, 0.1) is 0 Å². The summed E-state index contributed by atoms with van der Waals surface area (Å²) in [5, 5.41) is 0.335. The van der Waals surface area contributed by atoms with Crippen LogP contribution < -0.4 is 5.73 Å². The van der Waals surface area contributed by atoms with Crippen LogP contribution in [-0.2, 0) is 11.3 Å². The zero-order valence-electron chi connectivity index (χ0n) is 10.6. The first-order chi connectivity index (χ1) is 8.45. The maximum atomic E-state index is 13.6. The lowest BCUT2D eigenvalue weighted by Gasteiger charge is -2.20. The Balaban J connectivity index is 2.70. The Bertz CT molecular complexity index is 405. The third-order valence-corrected chi connectivity index (χ3v) is 3.16. The Morgan fingerprint density at radius 3 is 2.78 bits per heavy atom. The minimum absolute atomic E-state index is 0.0627. The van der Waals surface area contributed by atoms with Crippen molar-refractivity contribution in [3.63, 3.8) is 0 Å². The van der Waals surface area contributed by atoms with E-state index >= 15 is 0 Å². The molecule has 1 unspecified atom stereocenters. The van der Waals surface area contributed by atoms with Crippen molar-refractivity contribution in [1.29, 1.82) is 0 Å².